The van der Waals surface area contributed by atoms with E-state index in [0.29, 0.717) is 44.7 Å². The summed E-state index contributed by atoms with van der Waals surface area (Å²) in [5.41, 5.74) is 2.20. The maximum Gasteiger partial charge on any atom is 0.410 e. The van der Waals surface area contributed by atoms with Gasteiger partial charge < -0.3 is 15.0 Å². The predicted molar refractivity (Wildman–Crippen MR) is 134 cm³/mol. The van der Waals surface area contributed by atoms with E-state index in [2.05, 4.69) is 11.4 Å². The number of piperidine rings is 1. The number of hydrogen-bond acceptors (Lipinski definition) is 4. The molecule has 1 fully saturated rings. The monoisotopic (exact) mass is 464 g/mol. The Morgan fingerprint density at radius 2 is 1.62 bits per heavy atom. The summed E-state index contributed by atoms with van der Waals surface area (Å²) in [6, 6.07) is 17.2. The number of likely N-dealkylation sites (tertiary alicyclic amines) is 1. The quantitative estimate of drug-likeness (QED) is 0.374. The van der Waals surface area contributed by atoms with Crippen LogP contribution in [-0.2, 0) is 9.53 Å². The number of carbonyl (C=O) groups excluding carboxylic acids is 3. The van der Waals surface area contributed by atoms with Crippen LogP contribution in [0.25, 0.3) is 0 Å². The van der Waals surface area contributed by atoms with Gasteiger partial charge in [-0.05, 0) is 70.1 Å². The van der Waals surface area contributed by atoms with Crippen LogP contribution in [0.1, 0.15) is 81.1 Å². The minimum atomic E-state index is -0.488. The molecular formula is C28H36N2O4. The van der Waals surface area contributed by atoms with Gasteiger partial charge in [-0.15, -0.1) is 0 Å². The van der Waals surface area contributed by atoms with Crippen molar-refractivity contribution in [2.45, 2.75) is 70.8 Å². The third-order valence-electron chi connectivity index (χ3n) is 5.94. The first kappa shape index (κ1) is 25.5. The summed E-state index contributed by atoms with van der Waals surface area (Å²) in [6.07, 6.45) is 3.69. The molecule has 2 aromatic rings. The molecule has 0 bridgehead atoms. The van der Waals surface area contributed by atoms with Crippen LogP contribution in [0.2, 0.25) is 0 Å². The van der Waals surface area contributed by atoms with Crippen molar-refractivity contribution in [2.24, 2.45) is 0 Å². The Kier molecular flexibility index (Phi) is 8.85. The molecule has 3 rings (SSSR count). The molecule has 34 heavy (non-hydrogen) atoms. The molecule has 2 amide bonds. The number of benzene rings is 2. The molecule has 6 heteroatoms. The SMILES string of the molecule is CC(C)(C)OC(=O)N1CCC(c2cccc(NC(=O)CCCCC(=O)c3ccccc3)c2)CC1. The number of hydrogen-bond donors (Lipinski definition) is 1. The van der Waals surface area contributed by atoms with Gasteiger partial charge in [0.1, 0.15) is 5.60 Å². The molecule has 0 radical (unpaired) electrons. The summed E-state index contributed by atoms with van der Waals surface area (Å²) in [7, 11) is 0. The van der Waals surface area contributed by atoms with E-state index in [4.69, 9.17) is 4.74 Å². The lowest BCUT2D eigenvalue weighted by molar-refractivity contribution is -0.116. The molecule has 1 aliphatic rings. The van der Waals surface area contributed by atoms with Crippen molar-refractivity contribution in [1.82, 2.24) is 4.90 Å². The van der Waals surface area contributed by atoms with E-state index in [1.54, 1.807) is 4.90 Å². The molecule has 1 saturated heterocycles. The fraction of sp³-hybridized carbons (Fsp3) is 0.464. The number of rotatable bonds is 8. The van der Waals surface area contributed by atoms with Gasteiger partial charge in [0.15, 0.2) is 5.78 Å². The Hall–Kier alpha value is -3.15. The second-order valence-electron chi connectivity index (χ2n) is 9.91. The van der Waals surface area contributed by atoms with E-state index < -0.39 is 5.60 Å². The van der Waals surface area contributed by atoms with Gasteiger partial charge in [-0.2, -0.15) is 0 Å². The maximum atomic E-state index is 12.4. The molecule has 1 N–H and O–H groups in total. The van der Waals surface area contributed by atoms with Gasteiger partial charge in [-0.1, -0.05) is 42.5 Å². The van der Waals surface area contributed by atoms with Gasteiger partial charge >= 0.3 is 6.09 Å². The zero-order valence-corrected chi connectivity index (χ0v) is 20.5. The summed E-state index contributed by atoms with van der Waals surface area (Å²) < 4.78 is 5.48. The van der Waals surface area contributed by atoms with Crippen molar-refractivity contribution >= 4 is 23.5 Å². The largest absolute Gasteiger partial charge is 0.444 e. The maximum absolute atomic E-state index is 12.4. The Morgan fingerprint density at radius 1 is 0.941 bits per heavy atom. The molecule has 0 saturated carbocycles. The van der Waals surface area contributed by atoms with Gasteiger partial charge in [0.25, 0.3) is 0 Å². The van der Waals surface area contributed by atoms with Gasteiger partial charge in [-0.25, -0.2) is 4.79 Å². The third kappa shape index (κ3) is 8.01. The topological polar surface area (TPSA) is 75.7 Å². The van der Waals surface area contributed by atoms with Crippen LogP contribution in [0.5, 0.6) is 0 Å². The minimum Gasteiger partial charge on any atom is -0.444 e. The highest BCUT2D eigenvalue weighted by molar-refractivity contribution is 5.96. The summed E-state index contributed by atoms with van der Waals surface area (Å²) >= 11 is 0. The number of nitrogens with zero attached hydrogens (tertiary/aromatic N) is 1. The first-order valence-electron chi connectivity index (χ1n) is 12.2. The van der Waals surface area contributed by atoms with Crippen LogP contribution >= 0.6 is 0 Å². The Labute approximate surface area is 202 Å². The van der Waals surface area contributed by atoms with Crippen molar-refractivity contribution in [3.05, 3.63) is 65.7 Å². The van der Waals surface area contributed by atoms with E-state index >= 15 is 0 Å². The number of anilines is 1. The highest BCUT2D eigenvalue weighted by Crippen LogP contribution is 2.30. The van der Waals surface area contributed by atoms with Crippen LogP contribution in [0, 0.1) is 0 Å². The lowest BCUT2D eigenvalue weighted by Gasteiger charge is -2.33. The van der Waals surface area contributed by atoms with Crippen molar-refractivity contribution in [1.29, 1.82) is 0 Å². The first-order valence-corrected chi connectivity index (χ1v) is 12.2. The average Bonchev–Trinajstić information content (AvgIpc) is 2.81. The Bertz CT molecular complexity index is 973. The van der Waals surface area contributed by atoms with Crippen molar-refractivity contribution in [2.75, 3.05) is 18.4 Å². The molecule has 0 atom stereocenters. The Morgan fingerprint density at radius 3 is 2.29 bits per heavy atom. The van der Waals surface area contributed by atoms with Gasteiger partial charge in [0.05, 0.1) is 0 Å². The number of Topliss-reactive ketones (excluding diaryl/α,β-unsaturated/α-hetero) is 1. The average molecular weight is 465 g/mol. The summed E-state index contributed by atoms with van der Waals surface area (Å²) in [5, 5.41) is 2.99. The molecular weight excluding hydrogens is 428 g/mol. The number of ether oxygens (including phenoxy) is 1. The molecule has 1 aliphatic heterocycles. The van der Waals surface area contributed by atoms with E-state index in [9.17, 15) is 14.4 Å². The second-order valence-corrected chi connectivity index (χ2v) is 9.91. The minimum absolute atomic E-state index is 0.0379. The summed E-state index contributed by atoms with van der Waals surface area (Å²) in [5.74, 6) is 0.426. The molecule has 6 nitrogen and oxygen atoms in total. The van der Waals surface area contributed by atoms with Gasteiger partial charge in [-0.3, -0.25) is 9.59 Å². The van der Waals surface area contributed by atoms with Gasteiger partial charge in [0.2, 0.25) is 5.91 Å². The number of nitrogens with one attached hydrogen (secondary N) is 1. The fourth-order valence-corrected chi connectivity index (χ4v) is 4.16. The lowest BCUT2D eigenvalue weighted by atomic mass is 9.89. The predicted octanol–water partition coefficient (Wildman–Crippen LogP) is 6.18. The lowest BCUT2D eigenvalue weighted by Crippen LogP contribution is -2.41. The zero-order valence-electron chi connectivity index (χ0n) is 20.5. The van der Waals surface area contributed by atoms with Crippen LogP contribution in [0.4, 0.5) is 10.5 Å². The Balaban J connectivity index is 1.41. The molecule has 0 unspecified atom stereocenters. The molecule has 1 heterocycles. The standard InChI is InChI=1S/C28H36N2O4/c1-28(2,3)34-27(33)30-18-16-21(17-19-30)23-12-9-13-24(20-23)29-26(32)15-8-7-14-25(31)22-10-5-4-6-11-22/h4-6,9-13,20-21H,7-8,14-19H2,1-3H3,(H,29,32). The third-order valence-corrected chi connectivity index (χ3v) is 5.94. The van der Waals surface area contributed by atoms with E-state index in [1.165, 1.54) is 5.56 Å². The van der Waals surface area contributed by atoms with Crippen LogP contribution in [0.15, 0.2) is 54.6 Å². The number of amides is 2. The molecule has 182 valence electrons. The van der Waals surface area contributed by atoms with Crippen LogP contribution in [0.3, 0.4) is 0 Å². The first-order chi connectivity index (χ1) is 16.2. The molecule has 2 aromatic carbocycles. The van der Waals surface area contributed by atoms with Crippen molar-refractivity contribution < 1.29 is 19.1 Å². The normalized spacial score (nSPS) is 14.5. The van der Waals surface area contributed by atoms with Crippen molar-refractivity contribution in [3.63, 3.8) is 0 Å². The smallest absolute Gasteiger partial charge is 0.410 e. The second kappa shape index (κ2) is 11.8. The molecule has 0 aromatic heterocycles. The van der Waals surface area contributed by atoms with E-state index in [0.717, 1.165) is 24.1 Å². The van der Waals surface area contributed by atoms with Gasteiger partial charge in [0, 0.05) is 37.2 Å². The molecule has 0 aliphatic carbocycles. The summed E-state index contributed by atoms with van der Waals surface area (Å²) in [4.78, 5) is 38.6. The van der Waals surface area contributed by atoms with Crippen LogP contribution in [-0.4, -0.2) is 41.4 Å². The number of ketones is 1. The van der Waals surface area contributed by atoms with Crippen LogP contribution < -0.4 is 5.32 Å². The fourth-order valence-electron chi connectivity index (χ4n) is 4.16. The van der Waals surface area contributed by atoms with E-state index in [-0.39, 0.29) is 17.8 Å². The number of unbranched alkanes of at least 4 members (excludes halogenated alkanes) is 1. The zero-order chi connectivity index (χ0) is 24.6. The van der Waals surface area contributed by atoms with Crippen molar-refractivity contribution in [3.8, 4) is 0 Å². The highest BCUT2D eigenvalue weighted by atomic mass is 16.6. The number of carbonyl (C=O) groups is 3. The molecule has 0 spiro atoms. The van der Waals surface area contributed by atoms with E-state index in [1.807, 2.05) is 69.3 Å². The summed E-state index contributed by atoms with van der Waals surface area (Å²) in [6.45, 7) is 6.96. The highest BCUT2D eigenvalue weighted by Gasteiger charge is 2.27.